The van der Waals surface area contributed by atoms with E-state index in [0.29, 0.717) is 0 Å². The molecule has 0 saturated heterocycles. The van der Waals surface area contributed by atoms with E-state index in [2.05, 4.69) is 4.98 Å². The lowest BCUT2D eigenvalue weighted by atomic mass is 10.1. The standard InChI is InChI=1S/C16H17FN2O2/c1-12(14-7-9-18-10-8-14)19(2)16(20)21-11-13-3-5-15(17)6-4-13/h3-10,12H,11H2,1-2H3. The molecule has 1 aromatic heterocycles. The topological polar surface area (TPSA) is 42.4 Å². The minimum absolute atomic E-state index is 0.117. The van der Waals surface area contributed by atoms with Crippen LogP contribution in [0.1, 0.15) is 24.1 Å². The summed E-state index contributed by atoms with van der Waals surface area (Å²) in [6, 6.07) is 9.46. The van der Waals surface area contributed by atoms with Crippen LogP contribution in [0, 0.1) is 5.82 Å². The Bertz CT molecular complexity index is 587. The van der Waals surface area contributed by atoms with E-state index in [1.54, 1.807) is 31.6 Å². The molecule has 0 aliphatic heterocycles. The third-order valence-corrected chi connectivity index (χ3v) is 3.33. The minimum atomic E-state index is -0.427. The van der Waals surface area contributed by atoms with Gasteiger partial charge in [0, 0.05) is 19.4 Å². The number of nitrogens with zero attached hydrogens (tertiary/aromatic N) is 2. The maximum atomic E-state index is 12.8. The van der Waals surface area contributed by atoms with Gasteiger partial charge in [0.25, 0.3) is 0 Å². The van der Waals surface area contributed by atoms with E-state index >= 15 is 0 Å². The molecule has 0 bridgehead atoms. The van der Waals surface area contributed by atoms with E-state index in [9.17, 15) is 9.18 Å². The van der Waals surface area contributed by atoms with Gasteiger partial charge in [-0.2, -0.15) is 0 Å². The lowest BCUT2D eigenvalue weighted by molar-refractivity contribution is 0.0934. The van der Waals surface area contributed by atoms with Crippen molar-refractivity contribution in [3.05, 3.63) is 65.7 Å². The molecule has 1 amide bonds. The molecule has 2 rings (SSSR count). The highest BCUT2D eigenvalue weighted by molar-refractivity contribution is 5.67. The van der Waals surface area contributed by atoms with Crippen LogP contribution in [0.5, 0.6) is 0 Å². The number of rotatable bonds is 4. The summed E-state index contributed by atoms with van der Waals surface area (Å²) >= 11 is 0. The number of benzene rings is 1. The van der Waals surface area contributed by atoms with E-state index in [1.165, 1.54) is 17.0 Å². The fourth-order valence-corrected chi connectivity index (χ4v) is 1.85. The molecule has 1 aromatic carbocycles. The Morgan fingerprint density at radius 3 is 2.48 bits per heavy atom. The number of carbonyl (C=O) groups is 1. The Kier molecular flexibility index (Phi) is 4.87. The third-order valence-electron chi connectivity index (χ3n) is 3.33. The fraction of sp³-hybridized carbons (Fsp3) is 0.250. The highest BCUT2D eigenvalue weighted by Gasteiger charge is 2.18. The molecule has 4 nitrogen and oxygen atoms in total. The van der Waals surface area contributed by atoms with E-state index < -0.39 is 6.09 Å². The van der Waals surface area contributed by atoms with E-state index in [-0.39, 0.29) is 18.5 Å². The zero-order chi connectivity index (χ0) is 15.2. The zero-order valence-corrected chi connectivity index (χ0v) is 12.0. The van der Waals surface area contributed by atoms with Crippen LogP contribution in [0.4, 0.5) is 9.18 Å². The van der Waals surface area contributed by atoms with Crippen molar-refractivity contribution in [2.24, 2.45) is 0 Å². The first kappa shape index (κ1) is 15.0. The maximum absolute atomic E-state index is 12.8. The van der Waals surface area contributed by atoms with Crippen molar-refractivity contribution in [2.75, 3.05) is 7.05 Å². The first-order valence-corrected chi connectivity index (χ1v) is 6.62. The van der Waals surface area contributed by atoms with Crippen molar-refractivity contribution in [2.45, 2.75) is 19.6 Å². The molecule has 2 aromatic rings. The monoisotopic (exact) mass is 288 g/mol. The minimum Gasteiger partial charge on any atom is -0.445 e. The van der Waals surface area contributed by atoms with Gasteiger partial charge in [0.15, 0.2) is 0 Å². The Morgan fingerprint density at radius 2 is 1.86 bits per heavy atom. The lowest BCUT2D eigenvalue weighted by Crippen LogP contribution is -2.30. The summed E-state index contributed by atoms with van der Waals surface area (Å²) in [5, 5.41) is 0. The van der Waals surface area contributed by atoms with E-state index in [4.69, 9.17) is 4.74 Å². The second kappa shape index (κ2) is 6.83. The number of carbonyl (C=O) groups excluding carboxylic acids is 1. The van der Waals surface area contributed by atoms with Gasteiger partial charge in [0.05, 0.1) is 6.04 Å². The van der Waals surface area contributed by atoms with Crippen LogP contribution in [0.2, 0.25) is 0 Å². The highest BCUT2D eigenvalue weighted by atomic mass is 19.1. The van der Waals surface area contributed by atoms with Gasteiger partial charge in [-0.05, 0) is 42.3 Å². The Hall–Kier alpha value is -2.43. The van der Waals surface area contributed by atoms with Crippen molar-refractivity contribution in [1.82, 2.24) is 9.88 Å². The molecule has 0 saturated carbocycles. The van der Waals surface area contributed by atoms with Crippen LogP contribution in [0.25, 0.3) is 0 Å². The molecular formula is C16H17FN2O2. The van der Waals surface area contributed by atoms with Gasteiger partial charge in [0.1, 0.15) is 12.4 Å². The molecule has 0 radical (unpaired) electrons. The van der Waals surface area contributed by atoms with Crippen LogP contribution in [0.3, 0.4) is 0 Å². The summed E-state index contributed by atoms with van der Waals surface area (Å²) in [5.41, 5.74) is 1.72. The van der Waals surface area contributed by atoms with E-state index in [1.807, 2.05) is 19.1 Å². The Balaban J connectivity index is 1.92. The summed E-state index contributed by atoms with van der Waals surface area (Å²) in [6.07, 6.45) is 2.94. The summed E-state index contributed by atoms with van der Waals surface area (Å²) in [5.74, 6) is -0.312. The number of ether oxygens (including phenoxy) is 1. The summed E-state index contributed by atoms with van der Waals surface area (Å²) < 4.78 is 18.0. The van der Waals surface area contributed by atoms with Gasteiger partial charge in [-0.1, -0.05) is 12.1 Å². The number of hydrogen-bond donors (Lipinski definition) is 0. The molecule has 110 valence electrons. The number of hydrogen-bond acceptors (Lipinski definition) is 3. The SMILES string of the molecule is CC(c1ccncc1)N(C)C(=O)OCc1ccc(F)cc1. The quantitative estimate of drug-likeness (QED) is 0.864. The summed E-state index contributed by atoms with van der Waals surface area (Å²) in [6.45, 7) is 2.03. The number of pyridine rings is 1. The average molecular weight is 288 g/mol. The van der Waals surface area contributed by atoms with Crippen molar-refractivity contribution in [3.63, 3.8) is 0 Å². The number of amides is 1. The van der Waals surface area contributed by atoms with E-state index in [0.717, 1.165) is 11.1 Å². The predicted molar refractivity (Wildman–Crippen MR) is 77.0 cm³/mol. The van der Waals surface area contributed by atoms with Gasteiger partial charge in [-0.3, -0.25) is 4.98 Å². The van der Waals surface area contributed by atoms with Gasteiger partial charge in [-0.15, -0.1) is 0 Å². The van der Waals surface area contributed by atoms with Crippen LogP contribution >= 0.6 is 0 Å². The summed E-state index contributed by atoms with van der Waals surface area (Å²) in [4.78, 5) is 17.5. The highest BCUT2D eigenvalue weighted by Crippen LogP contribution is 2.18. The summed E-state index contributed by atoms with van der Waals surface area (Å²) in [7, 11) is 1.68. The molecule has 5 heteroatoms. The van der Waals surface area contributed by atoms with Crippen molar-refractivity contribution < 1.29 is 13.9 Å². The predicted octanol–water partition coefficient (Wildman–Crippen LogP) is 3.55. The van der Waals surface area contributed by atoms with Crippen molar-refractivity contribution >= 4 is 6.09 Å². The molecule has 1 atom stereocenters. The fourth-order valence-electron chi connectivity index (χ4n) is 1.85. The molecule has 21 heavy (non-hydrogen) atoms. The van der Waals surface area contributed by atoms with Gasteiger partial charge in [0.2, 0.25) is 0 Å². The van der Waals surface area contributed by atoms with Crippen molar-refractivity contribution in [3.8, 4) is 0 Å². The average Bonchev–Trinajstić information content (AvgIpc) is 2.53. The first-order valence-electron chi connectivity index (χ1n) is 6.62. The maximum Gasteiger partial charge on any atom is 0.410 e. The number of halogens is 1. The normalized spacial score (nSPS) is 11.8. The second-order valence-corrected chi connectivity index (χ2v) is 4.75. The van der Waals surface area contributed by atoms with Gasteiger partial charge >= 0.3 is 6.09 Å². The molecule has 0 aliphatic carbocycles. The molecular weight excluding hydrogens is 271 g/mol. The Labute approximate surface area is 123 Å². The number of aromatic nitrogens is 1. The van der Waals surface area contributed by atoms with Crippen LogP contribution in [-0.4, -0.2) is 23.0 Å². The molecule has 1 unspecified atom stereocenters. The largest absolute Gasteiger partial charge is 0.445 e. The van der Waals surface area contributed by atoms with Crippen LogP contribution in [0.15, 0.2) is 48.8 Å². The lowest BCUT2D eigenvalue weighted by Gasteiger charge is -2.24. The zero-order valence-electron chi connectivity index (χ0n) is 12.0. The van der Waals surface area contributed by atoms with Crippen LogP contribution in [-0.2, 0) is 11.3 Å². The Morgan fingerprint density at radius 1 is 1.24 bits per heavy atom. The molecule has 0 spiro atoms. The smallest absolute Gasteiger partial charge is 0.410 e. The van der Waals surface area contributed by atoms with Crippen LogP contribution < -0.4 is 0 Å². The molecule has 0 aliphatic rings. The molecule has 0 fully saturated rings. The van der Waals surface area contributed by atoms with Gasteiger partial charge < -0.3 is 9.64 Å². The molecule has 0 N–H and O–H groups in total. The third kappa shape index (κ3) is 4.02. The molecule has 1 heterocycles. The first-order chi connectivity index (χ1) is 10.1. The van der Waals surface area contributed by atoms with Crippen molar-refractivity contribution in [1.29, 1.82) is 0 Å². The van der Waals surface area contributed by atoms with Gasteiger partial charge in [-0.25, -0.2) is 9.18 Å². The second-order valence-electron chi connectivity index (χ2n) is 4.75.